The molecule has 0 unspecified atom stereocenters. The molecule has 17 heavy (non-hydrogen) atoms. The van der Waals surface area contributed by atoms with Crippen molar-refractivity contribution in [2.45, 2.75) is 13.5 Å². The van der Waals surface area contributed by atoms with Gasteiger partial charge in [-0.3, -0.25) is 9.89 Å². The van der Waals surface area contributed by atoms with E-state index in [2.05, 4.69) is 15.5 Å². The van der Waals surface area contributed by atoms with Gasteiger partial charge in [0.05, 0.1) is 12.2 Å². The summed E-state index contributed by atoms with van der Waals surface area (Å²) in [6.07, 6.45) is 1.70. The highest BCUT2D eigenvalue weighted by Gasteiger charge is 2.05. The number of Topliss-reactive ketones (excluding diaryl/α,β-unsaturated/α-hetero) is 1. The van der Waals surface area contributed by atoms with Crippen molar-refractivity contribution >= 4 is 17.2 Å². The maximum Gasteiger partial charge on any atom is 0.161 e. The number of nitrogens with two attached hydrogens (primary N) is 1. The number of anilines is 2. The molecule has 0 aliphatic rings. The first-order valence-electron chi connectivity index (χ1n) is 5.29. The summed E-state index contributed by atoms with van der Waals surface area (Å²) < 4.78 is 0. The van der Waals surface area contributed by atoms with Gasteiger partial charge >= 0.3 is 0 Å². The number of aromatic nitrogens is 2. The fraction of sp³-hybridized carbons (Fsp3) is 0.167. The van der Waals surface area contributed by atoms with E-state index in [9.17, 15) is 4.79 Å². The minimum atomic E-state index is -0.0345. The molecule has 0 bridgehead atoms. The zero-order chi connectivity index (χ0) is 12.3. The van der Waals surface area contributed by atoms with Crippen LogP contribution in [-0.2, 0) is 6.54 Å². The number of nitrogens with zero attached hydrogens (tertiary/aromatic N) is 1. The van der Waals surface area contributed by atoms with Gasteiger partial charge in [-0.1, -0.05) is 0 Å². The molecule has 2 aromatic rings. The Balaban J connectivity index is 2.11. The number of hydrogen-bond acceptors (Lipinski definition) is 4. The van der Waals surface area contributed by atoms with Crippen LogP contribution in [0.3, 0.4) is 0 Å². The Hall–Kier alpha value is -2.30. The number of nitrogen functional groups attached to an aromatic ring is 1. The lowest BCUT2D eigenvalue weighted by Gasteiger charge is -2.08. The molecule has 0 saturated carbocycles. The topological polar surface area (TPSA) is 83.8 Å². The summed E-state index contributed by atoms with van der Waals surface area (Å²) >= 11 is 0. The first kappa shape index (κ1) is 11.2. The van der Waals surface area contributed by atoms with Crippen LogP contribution in [0, 0.1) is 0 Å². The van der Waals surface area contributed by atoms with Crippen LogP contribution in [-0.4, -0.2) is 16.0 Å². The fourth-order valence-corrected chi connectivity index (χ4v) is 1.55. The Morgan fingerprint density at radius 1 is 1.47 bits per heavy atom. The van der Waals surface area contributed by atoms with Gasteiger partial charge in [-0.15, -0.1) is 0 Å². The number of carbonyl (C=O) groups excluding carboxylic acids is 1. The lowest BCUT2D eigenvalue weighted by atomic mass is 10.1. The largest absolute Gasteiger partial charge is 0.398 e. The molecule has 0 aliphatic carbocycles. The molecule has 4 N–H and O–H groups in total. The van der Waals surface area contributed by atoms with Gasteiger partial charge in [-0.25, -0.2) is 0 Å². The Kier molecular flexibility index (Phi) is 3.09. The number of carbonyl (C=O) groups is 1. The summed E-state index contributed by atoms with van der Waals surface area (Å²) in [4.78, 5) is 11.3. The summed E-state index contributed by atoms with van der Waals surface area (Å²) in [6, 6.07) is 7.22. The first-order chi connectivity index (χ1) is 8.16. The minimum absolute atomic E-state index is 0.0345. The molecule has 0 saturated heterocycles. The minimum Gasteiger partial charge on any atom is -0.398 e. The Bertz CT molecular complexity index is 519. The molecule has 5 nitrogen and oxygen atoms in total. The van der Waals surface area contributed by atoms with Crippen molar-refractivity contribution < 1.29 is 4.79 Å². The summed E-state index contributed by atoms with van der Waals surface area (Å²) in [5.41, 5.74) is 8.60. The Labute approximate surface area is 99.0 Å². The third-order valence-electron chi connectivity index (χ3n) is 2.47. The maximum atomic E-state index is 11.3. The molecule has 1 aromatic carbocycles. The zero-order valence-electron chi connectivity index (χ0n) is 9.53. The predicted octanol–water partition coefficient (Wildman–Crippen LogP) is 1.81. The van der Waals surface area contributed by atoms with Crippen LogP contribution in [0.1, 0.15) is 23.0 Å². The Morgan fingerprint density at radius 3 is 2.94 bits per heavy atom. The maximum absolute atomic E-state index is 11.3. The highest BCUT2D eigenvalue weighted by Crippen LogP contribution is 2.18. The molecule has 0 aliphatic heterocycles. The number of nitrogens with one attached hydrogen (secondary N) is 2. The zero-order valence-corrected chi connectivity index (χ0v) is 9.53. The van der Waals surface area contributed by atoms with E-state index in [0.29, 0.717) is 17.8 Å². The first-order valence-corrected chi connectivity index (χ1v) is 5.29. The molecule has 0 atom stereocenters. The quantitative estimate of drug-likeness (QED) is 0.552. The molecular formula is C12H14N4O. The smallest absolute Gasteiger partial charge is 0.161 e. The van der Waals surface area contributed by atoms with Gasteiger partial charge in [0, 0.05) is 23.1 Å². The van der Waals surface area contributed by atoms with Crippen LogP contribution in [0.15, 0.2) is 30.5 Å². The van der Waals surface area contributed by atoms with Crippen LogP contribution in [0.5, 0.6) is 0 Å². The molecule has 0 amide bonds. The number of ketones is 1. The second-order valence-electron chi connectivity index (χ2n) is 3.79. The van der Waals surface area contributed by atoms with Crippen molar-refractivity contribution in [2.75, 3.05) is 11.1 Å². The van der Waals surface area contributed by atoms with Crippen molar-refractivity contribution in [1.29, 1.82) is 0 Å². The van der Waals surface area contributed by atoms with Gasteiger partial charge in [-0.05, 0) is 31.2 Å². The van der Waals surface area contributed by atoms with Gasteiger partial charge < -0.3 is 11.1 Å². The normalized spacial score (nSPS) is 10.2. The van der Waals surface area contributed by atoms with Gasteiger partial charge in [0.15, 0.2) is 5.78 Å². The highest BCUT2D eigenvalue weighted by molar-refractivity contribution is 5.99. The summed E-state index contributed by atoms with van der Waals surface area (Å²) in [6.45, 7) is 2.13. The second-order valence-corrected chi connectivity index (χ2v) is 3.79. The average molecular weight is 230 g/mol. The predicted molar refractivity (Wildman–Crippen MR) is 66.8 cm³/mol. The van der Waals surface area contributed by atoms with E-state index in [1.165, 1.54) is 6.92 Å². The second kappa shape index (κ2) is 4.69. The van der Waals surface area contributed by atoms with Crippen molar-refractivity contribution in [3.05, 3.63) is 41.7 Å². The van der Waals surface area contributed by atoms with Crippen LogP contribution in [0.2, 0.25) is 0 Å². The number of aromatic amines is 1. The van der Waals surface area contributed by atoms with Crippen molar-refractivity contribution in [1.82, 2.24) is 10.2 Å². The molecular weight excluding hydrogens is 216 g/mol. The summed E-state index contributed by atoms with van der Waals surface area (Å²) in [7, 11) is 0. The van der Waals surface area contributed by atoms with E-state index < -0.39 is 0 Å². The molecule has 0 radical (unpaired) electrons. The van der Waals surface area contributed by atoms with E-state index in [0.717, 1.165) is 11.4 Å². The molecule has 1 aromatic heterocycles. The van der Waals surface area contributed by atoms with Gasteiger partial charge in [-0.2, -0.15) is 5.10 Å². The molecule has 2 rings (SSSR count). The van der Waals surface area contributed by atoms with Gasteiger partial charge in [0.25, 0.3) is 0 Å². The third-order valence-corrected chi connectivity index (χ3v) is 2.47. The highest BCUT2D eigenvalue weighted by atomic mass is 16.1. The van der Waals surface area contributed by atoms with E-state index in [1.807, 2.05) is 12.1 Å². The number of benzene rings is 1. The van der Waals surface area contributed by atoms with E-state index >= 15 is 0 Å². The Morgan fingerprint density at radius 2 is 2.29 bits per heavy atom. The van der Waals surface area contributed by atoms with E-state index in [1.54, 1.807) is 18.3 Å². The average Bonchev–Trinajstić information content (AvgIpc) is 2.80. The fourth-order valence-electron chi connectivity index (χ4n) is 1.55. The number of rotatable bonds is 4. The lowest BCUT2D eigenvalue weighted by Crippen LogP contribution is -2.04. The van der Waals surface area contributed by atoms with E-state index in [-0.39, 0.29) is 5.78 Å². The molecule has 88 valence electrons. The molecule has 5 heteroatoms. The van der Waals surface area contributed by atoms with Crippen molar-refractivity contribution in [3.8, 4) is 0 Å². The molecule has 0 fully saturated rings. The number of hydrogen-bond donors (Lipinski definition) is 3. The van der Waals surface area contributed by atoms with Crippen LogP contribution >= 0.6 is 0 Å². The van der Waals surface area contributed by atoms with Crippen LogP contribution < -0.4 is 11.1 Å². The monoisotopic (exact) mass is 230 g/mol. The summed E-state index contributed by atoms with van der Waals surface area (Å²) in [5, 5.41) is 9.90. The van der Waals surface area contributed by atoms with Crippen molar-refractivity contribution in [2.24, 2.45) is 0 Å². The standard InChI is InChI=1S/C12H14N4O/c1-8(17)11-6-9(2-3-12(11)13)14-7-10-4-5-15-16-10/h2-6,14H,7,13H2,1H3,(H,15,16). The van der Waals surface area contributed by atoms with Gasteiger partial charge in [0.1, 0.15) is 0 Å². The van der Waals surface area contributed by atoms with E-state index in [4.69, 9.17) is 5.73 Å². The van der Waals surface area contributed by atoms with Crippen LogP contribution in [0.25, 0.3) is 0 Å². The number of H-pyrrole nitrogens is 1. The molecule has 0 spiro atoms. The lowest BCUT2D eigenvalue weighted by molar-refractivity contribution is 0.101. The van der Waals surface area contributed by atoms with Gasteiger partial charge in [0.2, 0.25) is 0 Å². The molecule has 1 heterocycles. The summed E-state index contributed by atoms with van der Waals surface area (Å²) in [5.74, 6) is -0.0345. The van der Waals surface area contributed by atoms with Crippen LogP contribution in [0.4, 0.5) is 11.4 Å². The SMILES string of the molecule is CC(=O)c1cc(NCc2ccn[nH]2)ccc1N. The third kappa shape index (κ3) is 2.63. The van der Waals surface area contributed by atoms with Crippen molar-refractivity contribution in [3.63, 3.8) is 0 Å².